The number of nitrogens with zero attached hydrogens (tertiary/aromatic N) is 4. The number of halogens is 2. The summed E-state index contributed by atoms with van der Waals surface area (Å²) in [4.78, 5) is 16.0. The number of fused-ring (bicyclic) bond motifs is 1. The Balaban J connectivity index is 1.45. The van der Waals surface area contributed by atoms with Gasteiger partial charge in [-0.25, -0.2) is 8.78 Å². The number of amides is 1. The molecule has 3 heterocycles. The minimum absolute atomic E-state index is 0.0453. The van der Waals surface area contributed by atoms with E-state index >= 15 is 0 Å². The zero-order valence-electron chi connectivity index (χ0n) is 13.1. The Morgan fingerprint density at radius 3 is 2.74 bits per heavy atom. The van der Waals surface area contributed by atoms with E-state index in [0.29, 0.717) is 6.04 Å². The zero-order chi connectivity index (χ0) is 16.0. The molecule has 0 aromatic carbocycles. The summed E-state index contributed by atoms with van der Waals surface area (Å²) in [6.07, 6.45) is 7.00. The molecule has 1 unspecified atom stereocenters. The molecule has 1 atom stereocenters. The smallest absolute Gasteiger partial charge is 0.282 e. The van der Waals surface area contributed by atoms with E-state index in [-0.39, 0.29) is 18.4 Å². The number of alkyl halides is 2. The predicted octanol–water partition coefficient (Wildman–Crippen LogP) is 2.05. The normalized spacial score (nSPS) is 27.7. The van der Waals surface area contributed by atoms with Crippen LogP contribution in [0.3, 0.4) is 0 Å². The number of rotatable bonds is 3. The van der Waals surface area contributed by atoms with E-state index in [2.05, 4.69) is 10.00 Å². The van der Waals surface area contributed by atoms with Gasteiger partial charge in [0.1, 0.15) is 0 Å². The summed E-state index contributed by atoms with van der Waals surface area (Å²) in [7, 11) is 0. The first-order chi connectivity index (χ1) is 11.0. The molecule has 1 saturated heterocycles. The molecule has 1 amide bonds. The van der Waals surface area contributed by atoms with Crippen molar-refractivity contribution >= 4 is 5.91 Å². The highest BCUT2D eigenvalue weighted by Gasteiger charge is 2.46. The molecule has 2 fully saturated rings. The fraction of sp³-hybridized carbons (Fsp3) is 0.750. The van der Waals surface area contributed by atoms with E-state index in [4.69, 9.17) is 0 Å². The van der Waals surface area contributed by atoms with E-state index in [1.54, 1.807) is 6.20 Å². The fourth-order valence-corrected chi connectivity index (χ4v) is 4.13. The monoisotopic (exact) mass is 324 g/mol. The van der Waals surface area contributed by atoms with Gasteiger partial charge in [-0.05, 0) is 18.9 Å². The van der Waals surface area contributed by atoms with Crippen molar-refractivity contribution in [1.82, 2.24) is 19.6 Å². The van der Waals surface area contributed by atoms with Crippen LogP contribution in [0.25, 0.3) is 0 Å². The van der Waals surface area contributed by atoms with Crippen LogP contribution in [0.1, 0.15) is 43.8 Å². The van der Waals surface area contributed by atoms with Crippen molar-refractivity contribution in [1.29, 1.82) is 0 Å². The Kier molecular flexibility index (Phi) is 3.63. The van der Waals surface area contributed by atoms with Gasteiger partial charge >= 0.3 is 0 Å². The number of hydrogen-bond acceptors (Lipinski definition) is 3. The maximum Gasteiger partial charge on any atom is 0.282 e. The van der Waals surface area contributed by atoms with E-state index < -0.39 is 19.0 Å². The Morgan fingerprint density at radius 2 is 2.04 bits per heavy atom. The van der Waals surface area contributed by atoms with E-state index in [9.17, 15) is 13.6 Å². The van der Waals surface area contributed by atoms with Crippen molar-refractivity contribution in [3.63, 3.8) is 0 Å². The van der Waals surface area contributed by atoms with Crippen LogP contribution in [0.5, 0.6) is 0 Å². The molecule has 7 heteroatoms. The van der Waals surface area contributed by atoms with E-state index in [0.717, 1.165) is 18.8 Å². The van der Waals surface area contributed by atoms with Crippen LogP contribution in [0.2, 0.25) is 0 Å². The van der Waals surface area contributed by atoms with Crippen molar-refractivity contribution in [2.24, 2.45) is 0 Å². The second kappa shape index (κ2) is 5.54. The maximum absolute atomic E-state index is 13.0. The molecule has 0 spiro atoms. The van der Waals surface area contributed by atoms with Gasteiger partial charge in [-0.3, -0.25) is 14.4 Å². The highest BCUT2D eigenvalue weighted by atomic mass is 19.3. The van der Waals surface area contributed by atoms with E-state index in [1.807, 2.05) is 10.7 Å². The summed E-state index contributed by atoms with van der Waals surface area (Å²) in [6.45, 7) is 0.792. The molecular formula is C16H22F2N4O. The summed E-state index contributed by atoms with van der Waals surface area (Å²) in [6, 6.07) is 2.54. The van der Waals surface area contributed by atoms with Gasteiger partial charge < -0.3 is 4.90 Å². The number of carbonyl (C=O) groups excluding carboxylic acids is 1. The molecule has 126 valence electrons. The number of likely N-dealkylation sites (tertiary alicyclic amines) is 1. The Labute approximate surface area is 134 Å². The molecule has 0 N–H and O–H groups in total. The van der Waals surface area contributed by atoms with Gasteiger partial charge in [0, 0.05) is 25.3 Å². The quantitative estimate of drug-likeness (QED) is 0.854. The Hall–Kier alpha value is -1.50. The third kappa shape index (κ3) is 2.86. The van der Waals surface area contributed by atoms with Crippen LogP contribution in [0, 0.1) is 0 Å². The molecule has 2 aliphatic heterocycles. The van der Waals surface area contributed by atoms with Crippen molar-refractivity contribution in [3.05, 3.63) is 18.0 Å². The molecule has 1 aromatic rings. The molecule has 0 bridgehead atoms. The van der Waals surface area contributed by atoms with Gasteiger partial charge in [-0.15, -0.1) is 0 Å². The first-order valence-corrected chi connectivity index (χ1v) is 8.44. The number of aromatic nitrogens is 2. The molecule has 4 rings (SSSR count). The third-order valence-electron chi connectivity index (χ3n) is 5.36. The second-order valence-electron chi connectivity index (χ2n) is 7.10. The van der Waals surface area contributed by atoms with Gasteiger partial charge in [-0.1, -0.05) is 12.8 Å². The summed E-state index contributed by atoms with van der Waals surface area (Å²) < 4.78 is 27.8. The molecule has 1 aromatic heterocycles. The first kappa shape index (κ1) is 15.1. The first-order valence-electron chi connectivity index (χ1n) is 8.44. The summed E-state index contributed by atoms with van der Waals surface area (Å²) >= 11 is 0. The SMILES string of the molecule is O=C(CC1CN(C2CCCC2)Cc2ccnn21)N1CC(F)(F)C1. The minimum atomic E-state index is -2.70. The average molecular weight is 324 g/mol. The molecule has 5 nitrogen and oxygen atoms in total. The Morgan fingerprint density at radius 1 is 1.30 bits per heavy atom. The maximum atomic E-state index is 13.0. The lowest BCUT2D eigenvalue weighted by Crippen LogP contribution is -2.59. The number of hydrogen-bond donors (Lipinski definition) is 0. The van der Waals surface area contributed by atoms with Crippen molar-refractivity contribution < 1.29 is 13.6 Å². The molecule has 23 heavy (non-hydrogen) atoms. The standard InChI is InChI=1S/C16H22F2N4O/c17-16(18)10-21(11-16)15(23)7-14-9-20(12-3-1-2-4-12)8-13-5-6-19-22(13)14/h5-6,12,14H,1-4,7-11H2. The predicted molar refractivity (Wildman–Crippen MR) is 80.1 cm³/mol. The van der Waals surface area contributed by atoms with Crippen molar-refractivity contribution in [2.75, 3.05) is 19.6 Å². The Bertz CT molecular complexity index is 589. The van der Waals surface area contributed by atoms with Crippen LogP contribution in [-0.4, -0.2) is 57.1 Å². The van der Waals surface area contributed by atoms with Gasteiger partial charge in [0.2, 0.25) is 5.91 Å². The minimum Gasteiger partial charge on any atom is -0.330 e. The van der Waals surface area contributed by atoms with Gasteiger partial charge in [-0.2, -0.15) is 5.10 Å². The van der Waals surface area contributed by atoms with Crippen LogP contribution in [0.4, 0.5) is 8.78 Å². The summed E-state index contributed by atoms with van der Waals surface area (Å²) in [5.74, 6) is -2.88. The summed E-state index contributed by atoms with van der Waals surface area (Å²) in [5.41, 5.74) is 1.12. The average Bonchev–Trinajstić information content (AvgIpc) is 3.15. The van der Waals surface area contributed by atoms with Crippen LogP contribution in [0.15, 0.2) is 12.3 Å². The molecular weight excluding hydrogens is 302 g/mol. The van der Waals surface area contributed by atoms with Crippen molar-refractivity contribution in [2.45, 2.75) is 56.7 Å². The highest BCUT2D eigenvalue weighted by Crippen LogP contribution is 2.32. The fourth-order valence-electron chi connectivity index (χ4n) is 4.13. The lowest BCUT2D eigenvalue weighted by Gasteiger charge is -2.41. The largest absolute Gasteiger partial charge is 0.330 e. The van der Waals surface area contributed by atoms with Gasteiger partial charge in [0.05, 0.1) is 31.2 Å². The van der Waals surface area contributed by atoms with E-state index in [1.165, 1.54) is 30.6 Å². The highest BCUT2D eigenvalue weighted by molar-refractivity contribution is 5.77. The second-order valence-corrected chi connectivity index (χ2v) is 7.10. The zero-order valence-corrected chi connectivity index (χ0v) is 13.1. The lowest BCUT2D eigenvalue weighted by molar-refractivity contribution is -0.166. The topological polar surface area (TPSA) is 41.4 Å². The summed E-state index contributed by atoms with van der Waals surface area (Å²) in [5, 5.41) is 4.36. The molecule has 3 aliphatic rings. The van der Waals surface area contributed by atoms with Crippen LogP contribution < -0.4 is 0 Å². The lowest BCUT2D eigenvalue weighted by atomic mass is 10.0. The number of carbonyl (C=O) groups is 1. The van der Waals surface area contributed by atoms with Crippen LogP contribution in [-0.2, 0) is 11.3 Å². The van der Waals surface area contributed by atoms with Gasteiger partial charge in [0.15, 0.2) is 0 Å². The van der Waals surface area contributed by atoms with Gasteiger partial charge in [0.25, 0.3) is 5.92 Å². The molecule has 1 aliphatic carbocycles. The third-order valence-corrected chi connectivity index (χ3v) is 5.36. The van der Waals surface area contributed by atoms with Crippen LogP contribution >= 0.6 is 0 Å². The molecule has 0 radical (unpaired) electrons. The molecule has 1 saturated carbocycles. The van der Waals surface area contributed by atoms with Crippen molar-refractivity contribution in [3.8, 4) is 0 Å².